The lowest BCUT2D eigenvalue weighted by atomic mass is 9.94. The Morgan fingerprint density at radius 3 is 2.71 bits per heavy atom. The fourth-order valence-electron chi connectivity index (χ4n) is 3.12. The minimum atomic E-state index is -0.106. The van der Waals surface area contributed by atoms with Gasteiger partial charge in [0, 0.05) is 18.9 Å². The van der Waals surface area contributed by atoms with E-state index in [4.69, 9.17) is 9.47 Å². The molecule has 0 saturated carbocycles. The molecule has 3 rings (SSSR count). The second-order valence-electron chi connectivity index (χ2n) is 5.92. The molecule has 1 aromatic rings. The molecular weight excluding hydrogens is 262 g/mol. The second-order valence-corrected chi connectivity index (χ2v) is 5.92. The van der Waals surface area contributed by atoms with Crippen LogP contribution in [0.5, 0.6) is 0 Å². The van der Waals surface area contributed by atoms with Gasteiger partial charge in [0.2, 0.25) is 0 Å². The molecule has 3 heteroatoms. The summed E-state index contributed by atoms with van der Waals surface area (Å²) in [6.45, 7) is 4.24. The van der Waals surface area contributed by atoms with Crippen molar-refractivity contribution in [2.24, 2.45) is 0 Å². The van der Waals surface area contributed by atoms with Gasteiger partial charge in [-0.1, -0.05) is 36.8 Å². The summed E-state index contributed by atoms with van der Waals surface area (Å²) in [5, 5.41) is 0. The lowest BCUT2D eigenvalue weighted by Crippen LogP contribution is -2.34. The normalized spacial score (nSPS) is 26.5. The van der Waals surface area contributed by atoms with Crippen LogP contribution in [0, 0.1) is 0 Å². The molecule has 0 N–H and O–H groups in total. The van der Waals surface area contributed by atoms with Gasteiger partial charge in [-0.05, 0) is 37.6 Å². The maximum absolute atomic E-state index is 5.92. The van der Waals surface area contributed by atoms with E-state index in [0.29, 0.717) is 5.92 Å². The van der Waals surface area contributed by atoms with Crippen LogP contribution in [0.25, 0.3) is 0 Å². The summed E-state index contributed by atoms with van der Waals surface area (Å²) in [6.07, 6.45) is 8.77. The van der Waals surface area contributed by atoms with Crippen LogP contribution >= 0.6 is 0 Å². The first-order valence-corrected chi connectivity index (χ1v) is 8.13. The molecule has 1 aromatic carbocycles. The molecular formula is C18H25NO2. The Hall–Kier alpha value is -1.32. The number of hydrogen-bond donors (Lipinski definition) is 0. The van der Waals surface area contributed by atoms with Crippen molar-refractivity contribution in [2.75, 3.05) is 26.2 Å². The van der Waals surface area contributed by atoms with Gasteiger partial charge in [0.15, 0.2) is 6.29 Å². The van der Waals surface area contributed by atoms with E-state index < -0.39 is 0 Å². The van der Waals surface area contributed by atoms with Crippen molar-refractivity contribution in [1.29, 1.82) is 0 Å². The molecule has 114 valence electrons. The first-order chi connectivity index (χ1) is 10.4. The summed E-state index contributed by atoms with van der Waals surface area (Å²) in [7, 11) is 0. The number of benzene rings is 1. The molecule has 0 amide bonds. The van der Waals surface area contributed by atoms with Gasteiger partial charge in [-0.3, -0.25) is 0 Å². The largest absolute Gasteiger partial charge is 0.473 e. The van der Waals surface area contributed by atoms with Crippen LogP contribution in [0.3, 0.4) is 0 Å². The predicted molar refractivity (Wildman–Crippen MR) is 84.1 cm³/mol. The number of ether oxygens (including phenoxy) is 2. The summed E-state index contributed by atoms with van der Waals surface area (Å²) in [5.74, 6) is 0.403. The molecule has 3 nitrogen and oxygen atoms in total. The summed E-state index contributed by atoms with van der Waals surface area (Å²) in [6, 6.07) is 10.6. The molecule has 1 fully saturated rings. The monoisotopic (exact) mass is 287 g/mol. The lowest BCUT2D eigenvalue weighted by molar-refractivity contribution is -0.121. The van der Waals surface area contributed by atoms with Gasteiger partial charge in [-0.25, -0.2) is 0 Å². The second kappa shape index (κ2) is 7.62. The van der Waals surface area contributed by atoms with E-state index in [1.807, 2.05) is 0 Å². The standard InChI is InChI=1S/C18H25NO2/c1-3-7-16(8-4-1)17-9-13-20-18(15-17)21-14-12-19-10-5-2-6-11-19/h1,3-4,7-9,13,17-18H,2,5-6,10-12,14-15H2. The molecule has 0 aromatic heterocycles. The molecule has 2 unspecified atom stereocenters. The van der Waals surface area contributed by atoms with Gasteiger partial charge in [-0.15, -0.1) is 0 Å². The van der Waals surface area contributed by atoms with Crippen molar-refractivity contribution < 1.29 is 9.47 Å². The number of piperidine rings is 1. The molecule has 0 bridgehead atoms. The zero-order valence-electron chi connectivity index (χ0n) is 12.6. The van der Waals surface area contributed by atoms with Crippen LogP contribution in [0.4, 0.5) is 0 Å². The fourth-order valence-corrected chi connectivity index (χ4v) is 3.12. The van der Waals surface area contributed by atoms with Crippen molar-refractivity contribution in [1.82, 2.24) is 4.90 Å². The Balaban J connectivity index is 1.43. The third-order valence-corrected chi connectivity index (χ3v) is 4.38. The maximum Gasteiger partial charge on any atom is 0.199 e. The van der Waals surface area contributed by atoms with Gasteiger partial charge in [0.25, 0.3) is 0 Å². The summed E-state index contributed by atoms with van der Waals surface area (Å²) < 4.78 is 11.5. The van der Waals surface area contributed by atoms with Crippen molar-refractivity contribution in [3.8, 4) is 0 Å². The average molecular weight is 287 g/mol. The Labute approximate surface area is 127 Å². The van der Waals surface area contributed by atoms with E-state index in [1.165, 1.54) is 37.9 Å². The topological polar surface area (TPSA) is 21.7 Å². The Bertz CT molecular complexity index is 440. The van der Waals surface area contributed by atoms with Crippen molar-refractivity contribution in [3.05, 3.63) is 48.2 Å². The van der Waals surface area contributed by atoms with Crippen LogP contribution in [0.15, 0.2) is 42.7 Å². The molecule has 0 spiro atoms. The van der Waals surface area contributed by atoms with Gasteiger partial charge in [-0.2, -0.15) is 0 Å². The number of hydrogen-bond acceptors (Lipinski definition) is 3. The maximum atomic E-state index is 5.92. The number of likely N-dealkylation sites (tertiary alicyclic amines) is 1. The number of allylic oxidation sites excluding steroid dienone is 1. The van der Waals surface area contributed by atoms with E-state index in [-0.39, 0.29) is 6.29 Å². The molecule has 2 aliphatic rings. The molecule has 21 heavy (non-hydrogen) atoms. The average Bonchev–Trinajstić information content (AvgIpc) is 2.57. The van der Waals surface area contributed by atoms with Crippen LogP contribution in [0.2, 0.25) is 0 Å². The van der Waals surface area contributed by atoms with Crippen LogP contribution in [-0.4, -0.2) is 37.4 Å². The summed E-state index contributed by atoms with van der Waals surface area (Å²) in [4.78, 5) is 2.50. The molecule has 2 aliphatic heterocycles. The van der Waals surface area contributed by atoms with Gasteiger partial charge < -0.3 is 14.4 Å². The van der Waals surface area contributed by atoms with Crippen molar-refractivity contribution in [2.45, 2.75) is 37.9 Å². The SMILES string of the molecule is C1=CC(c2ccccc2)CC(OCCN2CCCCC2)O1. The Morgan fingerprint density at radius 2 is 1.90 bits per heavy atom. The quantitative estimate of drug-likeness (QED) is 0.827. The minimum absolute atomic E-state index is 0.106. The Kier molecular flexibility index (Phi) is 5.30. The lowest BCUT2D eigenvalue weighted by Gasteiger charge is -2.29. The predicted octanol–water partition coefficient (Wildman–Crippen LogP) is 3.53. The fraction of sp³-hybridized carbons (Fsp3) is 0.556. The summed E-state index contributed by atoms with van der Waals surface area (Å²) in [5.41, 5.74) is 1.33. The third kappa shape index (κ3) is 4.32. The van der Waals surface area contributed by atoms with E-state index in [0.717, 1.165) is 19.6 Å². The third-order valence-electron chi connectivity index (χ3n) is 4.38. The van der Waals surface area contributed by atoms with E-state index in [9.17, 15) is 0 Å². The molecule has 0 radical (unpaired) electrons. The highest BCUT2D eigenvalue weighted by Gasteiger charge is 2.21. The smallest absolute Gasteiger partial charge is 0.199 e. The van der Waals surface area contributed by atoms with E-state index in [2.05, 4.69) is 41.3 Å². The minimum Gasteiger partial charge on any atom is -0.473 e. The zero-order chi connectivity index (χ0) is 14.3. The first-order valence-electron chi connectivity index (χ1n) is 8.13. The van der Waals surface area contributed by atoms with Gasteiger partial charge in [0.05, 0.1) is 12.9 Å². The first kappa shape index (κ1) is 14.6. The molecule has 0 aliphatic carbocycles. The zero-order valence-corrected chi connectivity index (χ0v) is 12.6. The van der Waals surface area contributed by atoms with Gasteiger partial charge >= 0.3 is 0 Å². The van der Waals surface area contributed by atoms with E-state index >= 15 is 0 Å². The molecule has 2 atom stereocenters. The van der Waals surface area contributed by atoms with Gasteiger partial charge in [0.1, 0.15) is 0 Å². The van der Waals surface area contributed by atoms with Crippen LogP contribution in [-0.2, 0) is 9.47 Å². The Morgan fingerprint density at radius 1 is 1.10 bits per heavy atom. The van der Waals surface area contributed by atoms with E-state index in [1.54, 1.807) is 6.26 Å². The number of nitrogens with zero attached hydrogens (tertiary/aromatic N) is 1. The summed E-state index contributed by atoms with van der Waals surface area (Å²) >= 11 is 0. The molecule has 1 saturated heterocycles. The van der Waals surface area contributed by atoms with Crippen molar-refractivity contribution >= 4 is 0 Å². The molecule has 2 heterocycles. The van der Waals surface area contributed by atoms with Crippen LogP contribution in [0.1, 0.15) is 37.2 Å². The highest BCUT2D eigenvalue weighted by molar-refractivity contribution is 5.24. The van der Waals surface area contributed by atoms with Crippen molar-refractivity contribution in [3.63, 3.8) is 0 Å². The number of rotatable bonds is 5. The highest BCUT2D eigenvalue weighted by Crippen LogP contribution is 2.27. The van der Waals surface area contributed by atoms with Crippen LogP contribution < -0.4 is 0 Å². The highest BCUT2D eigenvalue weighted by atomic mass is 16.7.